The summed E-state index contributed by atoms with van der Waals surface area (Å²) in [6.07, 6.45) is -0.703. The number of aliphatic hydroxyl groups is 1. The molecule has 21 heavy (non-hydrogen) atoms. The standard InChI is InChI=1S/C18H18O3/c1-12(15-11-21-17-10-6-3-7-13(15)17)18(19)14-8-4-5-9-16(14)20-2/h3-10,18-19H,11H2,1-2H3/b15-12-. The van der Waals surface area contributed by atoms with E-state index in [1.54, 1.807) is 7.11 Å². The minimum atomic E-state index is -0.703. The number of hydrogen-bond acceptors (Lipinski definition) is 3. The zero-order chi connectivity index (χ0) is 14.8. The van der Waals surface area contributed by atoms with Crippen molar-refractivity contribution in [2.24, 2.45) is 0 Å². The van der Waals surface area contributed by atoms with Crippen LogP contribution in [0.5, 0.6) is 11.5 Å². The molecule has 2 aromatic carbocycles. The summed E-state index contributed by atoms with van der Waals surface area (Å²) in [5, 5.41) is 10.7. The van der Waals surface area contributed by atoms with Gasteiger partial charge in [0.1, 0.15) is 24.2 Å². The second-order valence-corrected chi connectivity index (χ2v) is 5.09. The third-order valence-corrected chi connectivity index (χ3v) is 3.90. The van der Waals surface area contributed by atoms with Crippen LogP contribution in [0.3, 0.4) is 0 Å². The lowest BCUT2D eigenvalue weighted by atomic mass is 9.94. The van der Waals surface area contributed by atoms with Crippen LogP contribution in [0.4, 0.5) is 0 Å². The van der Waals surface area contributed by atoms with Crippen LogP contribution >= 0.6 is 0 Å². The van der Waals surface area contributed by atoms with Crippen molar-refractivity contribution in [2.75, 3.05) is 13.7 Å². The van der Waals surface area contributed by atoms with Crippen molar-refractivity contribution >= 4 is 5.57 Å². The zero-order valence-corrected chi connectivity index (χ0v) is 12.2. The second kappa shape index (κ2) is 5.62. The maximum atomic E-state index is 10.7. The van der Waals surface area contributed by atoms with Gasteiger partial charge in [-0.05, 0) is 24.6 Å². The molecule has 1 N–H and O–H groups in total. The summed E-state index contributed by atoms with van der Waals surface area (Å²) in [7, 11) is 1.61. The van der Waals surface area contributed by atoms with Crippen molar-refractivity contribution in [2.45, 2.75) is 13.0 Å². The Labute approximate surface area is 124 Å². The largest absolute Gasteiger partial charge is 0.496 e. The minimum Gasteiger partial charge on any atom is -0.496 e. The molecule has 0 saturated carbocycles. The fourth-order valence-electron chi connectivity index (χ4n) is 2.69. The van der Waals surface area contributed by atoms with Crippen LogP contribution in [0.15, 0.2) is 54.1 Å². The molecular weight excluding hydrogens is 264 g/mol. The fraction of sp³-hybridized carbons (Fsp3) is 0.222. The molecule has 0 aromatic heterocycles. The van der Waals surface area contributed by atoms with Crippen LogP contribution in [0.25, 0.3) is 5.57 Å². The molecule has 0 aliphatic carbocycles. The Morgan fingerprint density at radius 1 is 1.14 bits per heavy atom. The molecule has 3 heteroatoms. The second-order valence-electron chi connectivity index (χ2n) is 5.09. The van der Waals surface area contributed by atoms with Gasteiger partial charge in [0.15, 0.2) is 0 Å². The summed E-state index contributed by atoms with van der Waals surface area (Å²) < 4.78 is 11.0. The molecular formula is C18H18O3. The van der Waals surface area contributed by atoms with Crippen molar-refractivity contribution in [1.29, 1.82) is 0 Å². The van der Waals surface area contributed by atoms with Gasteiger partial charge >= 0.3 is 0 Å². The van der Waals surface area contributed by atoms with Gasteiger partial charge in [-0.2, -0.15) is 0 Å². The molecule has 0 radical (unpaired) electrons. The predicted molar refractivity (Wildman–Crippen MR) is 82.5 cm³/mol. The van der Waals surface area contributed by atoms with Gasteiger partial charge < -0.3 is 14.6 Å². The number of hydrogen-bond donors (Lipinski definition) is 1. The molecule has 0 amide bonds. The molecule has 0 saturated heterocycles. The van der Waals surface area contributed by atoms with E-state index in [1.165, 1.54) is 0 Å². The smallest absolute Gasteiger partial charge is 0.127 e. The molecule has 3 rings (SSSR count). The third kappa shape index (κ3) is 2.41. The Morgan fingerprint density at radius 2 is 1.86 bits per heavy atom. The van der Waals surface area contributed by atoms with E-state index in [0.29, 0.717) is 12.4 Å². The van der Waals surface area contributed by atoms with Crippen molar-refractivity contribution in [1.82, 2.24) is 0 Å². The topological polar surface area (TPSA) is 38.7 Å². The average molecular weight is 282 g/mol. The van der Waals surface area contributed by atoms with Crippen molar-refractivity contribution in [3.63, 3.8) is 0 Å². The number of para-hydroxylation sites is 2. The summed E-state index contributed by atoms with van der Waals surface area (Å²) in [6, 6.07) is 15.4. The molecule has 0 spiro atoms. The molecule has 108 valence electrons. The average Bonchev–Trinajstić information content (AvgIpc) is 2.97. The minimum absolute atomic E-state index is 0.497. The van der Waals surface area contributed by atoms with Gasteiger partial charge in [-0.3, -0.25) is 0 Å². The number of rotatable bonds is 3. The number of benzene rings is 2. The maximum absolute atomic E-state index is 10.7. The summed E-state index contributed by atoms with van der Waals surface area (Å²) in [4.78, 5) is 0. The summed E-state index contributed by atoms with van der Waals surface area (Å²) in [6.45, 7) is 2.44. The maximum Gasteiger partial charge on any atom is 0.127 e. The molecule has 0 bridgehead atoms. The SMILES string of the molecule is COc1ccccc1C(O)/C(C)=C1/COc2ccccc21. The first kappa shape index (κ1) is 13.7. The van der Waals surface area contributed by atoms with E-state index in [2.05, 4.69) is 0 Å². The predicted octanol–water partition coefficient (Wildman–Crippen LogP) is 3.59. The Balaban J connectivity index is 2.02. The molecule has 2 aromatic rings. The summed E-state index contributed by atoms with van der Waals surface area (Å²) in [5.74, 6) is 1.57. The van der Waals surface area contributed by atoms with Crippen LogP contribution in [-0.2, 0) is 0 Å². The van der Waals surface area contributed by atoms with Gasteiger partial charge in [-0.25, -0.2) is 0 Å². The van der Waals surface area contributed by atoms with Crippen molar-refractivity contribution in [3.8, 4) is 11.5 Å². The molecule has 1 aliphatic heterocycles. The number of ether oxygens (including phenoxy) is 2. The highest BCUT2D eigenvalue weighted by atomic mass is 16.5. The Bertz CT molecular complexity index is 688. The Hall–Kier alpha value is -2.26. The van der Waals surface area contributed by atoms with E-state index < -0.39 is 6.10 Å². The zero-order valence-electron chi connectivity index (χ0n) is 12.2. The molecule has 1 unspecified atom stereocenters. The summed E-state index contributed by atoms with van der Waals surface area (Å²) >= 11 is 0. The third-order valence-electron chi connectivity index (χ3n) is 3.90. The highest BCUT2D eigenvalue weighted by Gasteiger charge is 2.24. The van der Waals surface area contributed by atoms with Gasteiger partial charge in [-0.15, -0.1) is 0 Å². The molecule has 1 aliphatic rings. The van der Waals surface area contributed by atoms with E-state index in [4.69, 9.17) is 9.47 Å². The highest BCUT2D eigenvalue weighted by molar-refractivity contribution is 5.77. The van der Waals surface area contributed by atoms with Crippen LogP contribution in [0.1, 0.15) is 24.2 Å². The van der Waals surface area contributed by atoms with Gasteiger partial charge in [0.25, 0.3) is 0 Å². The van der Waals surface area contributed by atoms with E-state index in [9.17, 15) is 5.11 Å². The Kier molecular flexibility index (Phi) is 3.67. The van der Waals surface area contributed by atoms with E-state index in [-0.39, 0.29) is 0 Å². The van der Waals surface area contributed by atoms with Crippen LogP contribution < -0.4 is 9.47 Å². The highest BCUT2D eigenvalue weighted by Crippen LogP contribution is 2.39. The first-order chi connectivity index (χ1) is 10.2. The molecule has 1 atom stereocenters. The van der Waals surface area contributed by atoms with Crippen LogP contribution in [0.2, 0.25) is 0 Å². The lowest BCUT2D eigenvalue weighted by Crippen LogP contribution is -2.05. The molecule has 1 heterocycles. The lowest BCUT2D eigenvalue weighted by Gasteiger charge is -2.17. The summed E-state index contributed by atoms with van der Waals surface area (Å²) in [5.41, 5.74) is 3.77. The first-order valence-corrected chi connectivity index (χ1v) is 6.95. The number of methoxy groups -OCH3 is 1. The quantitative estimate of drug-likeness (QED) is 0.935. The first-order valence-electron chi connectivity index (χ1n) is 6.95. The molecule has 3 nitrogen and oxygen atoms in total. The van der Waals surface area contributed by atoms with Gasteiger partial charge in [0.2, 0.25) is 0 Å². The lowest BCUT2D eigenvalue weighted by molar-refractivity contribution is 0.210. The Morgan fingerprint density at radius 3 is 2.67 bits per heavy atom. The van der Waals surface area contributed by atoms with Crippen LogP contribution in [-0.4, -0.2) is 18.8 Å². The van der Waals surface area contributed by atoms with Crippen LogP contribution in [0, 0.1) is 0 Å². The van der Waals surface area contributed by atoms with E-state index in [0.717, 1.165) is 28.0 Å². The van der Waals surface area contributed by atoms with Crippen molar-refractivity contribution in [3.05, 3.63) is 65.2 Å². The van der Waals surface area contributed by atoms with Crippen molar-refractivity contribution < 1.29 is 14.6 Å². The van der Waals surface area contributed by atoms with E-state index in [1.807, 2.05) is 55.5 Å². The van der Waals surface area contributed by atoms with Gasteiger partial charge in [0, 0.05) is 16.7 Å². The normalized spacial score (nSPS) is 16.9. The van der Waals surface area contributed by atoms with Gasteiger partial charge in [0.05, 0.1) is 7.11 Å². The van der Waals surface area contributed by atoms with Gasteiger partial charge in [-0.1, -0.05) is 36.4 Å². The number of aliphatic hydroxyl groups excluding tert-OH is 1. The number of fused-ring (bicyclic) bond motifs is 1. The fourth-order valence-corrected chi connectivity index (χ4v) is 2.69. The monoisotopic (exact) mass is 282 g/mol. The van der Waals surface area contributed by atoms with E-state index >= 15 is 0 Å². The molecule has 0 fully saturated rings.